The summed E-state index contributed by atoms with van der Waals surface area (Å²) in [5.41, 5.74) is 11.4. The maximum Gasteiger partial charge on any atom is 0.240 e. The summed E-state index contributed by atoms with van der Waals surface area (Å²) in [5, 5.41) is 5.20. The van der Waals surface area contributed by atoms with Gasteiger partial charge in [-0.1, -0.05) is 13.3 Å². The Balaban J connectivity index is 3.28. The first-order chi connectivity index (χ1) is 9.25. The monoisotopic (exact) mass is 300 g/mol. The number of primary sulfonamides is 1. The molecule has 0 fully saturated rings. The summed E-state index contributed by atoms with van der Waals surface area (Å²) < 4.78 is 23.3. The van der Waals surface area contributed by atoms with Gasteiger partial charge in [0.1, 0.15) is 4.90 Å². The average molecular weight is 300 g/mol. The molecule has 0 aliphatic rings. The van der Waals surface area contributed by atoms with E-state index in [4.69, 9.17) is 16.6 Å². The first kappa shape index (κ1) is 16.3. The number of nitrogens with two attached hydrogens (primary N) is 3. The van der Waals surface area contributed by atoms with Gasteiger partial charge in [0.2, 0.25) is 15.9 Å². The molecule has 0 bridgehead atoms. The van der Waals surface area contributed by atoms with Gasteiger partial charge in [-0.2, -0.15) is 0 Å². The molecule has 1 aromatic rings. The van der Waals surface area contributed by atoms with Crippen LogP contribution in [0.5, 0.6) is 0 Å². The molecular weight excluding hydrogens is 280 g/mol. The van der Waals surface area contributed by atoms with Gasteiger partial charge in [0.05, 0.1) is 12.2 Å². The van der Waals surface area contributed by atoms with Crippen LogP contribution in [0.1, 0.15) is 19.8 Å². The highest BCUT2D eigenvalue weighted by Gasteiger charge is 2.20. The van der Waals surface area contributed by atoms with Crippen LogP contribution in [-0.2, 0) is 14.8 Å². The number of anilines is 2. The third kappa shape index (κ3) is 4.39. The van der Waals surface area contributed by atoms with Gasteiger partial charge in [-0.05, 0) is 24.6 Å². The van der Waals surface area contributed by atoms with Crippen molar-refractivity contribution < 1.29 is 13.2 Å². The number of carbonyl (C=O) groups is 1. The molecule has 0 aliphatic heterocycles. The standard InChI is InChI=1S/C12H20N4O3S/c1-2-3-6-16(8-12(14)17)10-5-4-9(13)7-11(10)20(15,18)19/h4-5,7H,2-3,6,8,13H2,1H3,(H2,14,17)(H2,15,18,19). The van der Waals surface area contributed by atoms with Gasteiger partial charge >= 0.3 is 0 Å². The van der Waals surface area contributed by atoms with Crippen molar-refractivity contribution in [2.24, 2.45) is 10.9 Å². The first-order valence-electron chi connectivity index (χ1n) is 6.21. The van der Waals surface area contributed by atoms with Crippen LogP contribution in [0.3, 0.4) is 0 Å². The zero-order valence-electron chi connectivity index (χ0n) is 11.4. The normalized spacial score (nSPS) is 11.3. The fourth-order valence-electron chi connectivity index (χ4n) is 1.84. The lowest BCUT2D eigenvalue weighted by Gasteiger charge is -2.25. The quantitative estimate of drug-likeness (QED) is 0.610. The Morgan fingerprint density at radius 1 is 1.35 bits per heavy atom. The number of nitrogens with zero attached hydrogens (tertiary/aromatic N) is 1. The Labute approximate surface area is 118 Å². The van der Waals surface area contributed by atoms with Crippen molar-refractivity contribution >= 4 is 27.3 Å². The van der Waals surface area contributed by atoms with Crippen molar-refractivity contribution in [2.45, 2.75) is 24.7 Å². The maximum absolute atomic E-state index is 11.6. The lowest BCUT2D eigenvalue weighted by molar-refractivity contribution is -0.116. The number of carbonyl (C=O) groups excluding carboxylic acids is 1. The Morgan fingerprint density at radius 2 is 2.00 bits per heavy atom. The van der Waals surface area contributed by atoms with E-state index >= 15 is 0 Å². The number of hydrogen-bond donors (Lipinski definition) is 3. The van der Waals surface area contributed by atoms with E-state index in [1.54, 1.807) is 11.0 Å². The summed E-state index contributed by atoms with van der Waals surface area (Å²) in [5.74, 6) is -0.543. The molecule has 20 heavy (non-hydrogen) atoms. The topological polar surface area (TPSA) is 133 Å². The van der Waals surface area contributed by atoms with Crippen LogP contribution < -0.4 is 21.5 Å². The Hall–Kier alpha value is -1.80. The summed E-state index contributed by atoms with van der Waals surface area (Å²) in [7, 11) is -3.94. The number of nitrogen functional groups attached to an aromatic ring is 1. The summed E-state index contributed by atoms with van der Waals surface area (Å²) in [4.78, 5) is 12.6. The van der Waals surface area contributed by atoms with Crippen LogP contribution in [0.4, 0.5) is 11.4 Å². The first-order valence-corrected chi connectivity index (χ1v) is 7.76. The lowest BCUT2D eigenvalue weighted by atomic mass is 10.2. The number of unbranched alkanes of at least 4 members (excludes halogenated alkanes) is 1. The van der Waals surface area contributed by atoms with Gasteiger partial charge in [-0.25, -0.2) is 13.6 Å². The molecule has 6 N–H and O–H groups in total. The molecule has 0 spiro atoms. The molecule has 0 unspecified atom stereocenters. The number of hydrogen-bond acceptors (Lipinski definition) is 5. The Bertz CT molecular complexity index is 586. The van der Waals surface area contributed by atoms with Crippen LogP contribution in [0.2, 0.25) is 0 Å². The number of primary amides is 1. The molecule has 112 valence electrons. The predicted octanol–water partition coefficient (Wildman–Crippen LogP) is 0.00800. The average Bonchev–Trinajstić information content (AvgIpc) is 2.33. The van der Waals surface area contributed by atoms with E-state index in [0.717, 1.165) is 12.8 Å². The summed E-state index contributed by atoms with van der Waals surface area (Å²) in [6, 6.07) is 4.38. The second kappa shape index (κ2) is 6.58. The van der Waals surface area contributed by atoms with E-state index in [1.807, 2.05) is 6.92 Å². The van der Waals surface area contributed by atoms with E-state index in [9.17, 15) is 13.2 Å². The SMILES string of the molecule is CCCCN(CC(N)=O)c1ccc(N)cc1S(N)(=O)=O. The van der Waals surface area contributed by atoms with Crippen LogP contribution >= 0.6 is 0 Å². The summed E-state index contributed by atoms with van der Waals surface area (Å²) in [6.07, 6.45) is 1.69. The highest BCUT2D eigenvalue weighted by molar-refractivity contribution is 7.89. The molecule has 0 radical (unpaired) electrons. The third-order valence-corrected chi connectivity index (χ3v) is 3.70. The molecule has 1 amide bonds. The maximum atomic E-state index is 11.6. The van der Waals surface area contributed by atoms with Crippen molar-refractivity contribution in [3.05, 3.63) is 18.2 Å². The van der Waals surface area contributed by atoms with Gasteiger partial charge in [-0.3, -0.25) is 4.79 Å². The van der Waals surface area contributed by atoms with E-state index < -0.39 is 15.9 Å². The molecule has 0 aromatic heterocycles. The van der Waals surface area contributed by atoms with Crippen molar-refractivity contribution in [1.29, 1.82) is 0 Å². The van der Waals surface area contributed by atoms with Gasteiger partial charge in [-0.15, -0.1) is 0 Å². The lowest BCUT2D eigenvalue weighted by Crippen LogP contribution is -2.35. The zero-order chi connectivity index (χ0) is 15.3. The fourth-order valence-corrected chi connectivity index (χ4v) is 2.63. The van der Waals surface area contributed by atoms with Crippen LogP contribution in [0.15, 0.2) is 23.1 Å². The van der Waals surface area contributed by atoms with Crippen molar-refractivity contribution in [2.75, 3.05) is 23.7 Å². The predicted molar refractivity (Wildman–Crippen MR) is 78.5 cm³/mol. The molecule has 0 saturated carbocycles. The molecular formula is C12H20N4O3S. The van der Waals surface area contributed by atoms with Crippen LogP contribution in [-0.4, -0.2) is 27.4 Å². The third-order valence-electron chi connectivity index (χ3n) is 2.76. The molecule has 8 heteroatoms. The van der Waals surface area contributed by atoms with Gasteiger partial charge in [0.15, 0.2) is 0 Å². The van der Waals surface area contributed by atoms with E-state index in [0.29, 0.717) is 12.2 Å². The highest BCUT2D eigenvalue weighted by Crippen LogP contribution is 2.26. The van der Waals surface area contributed by atoms with Gasteiger partial charge in [0.25, 0.3) is 0 Å². The van der Waals surface area contributed by atoms with E-state index in [-0.39, 0.29) is 17.1 Å². The molecule has 0 heterocycles. The van der Waals surface area contributed by atoms with Crippen molar-refractivity contribution in [3.8, 4) is 0 Å². The minimum atomic E-state index is -3.94. The summed E-state index contributed by atoms with van der Waals surface area (Å²) in [6.45, 7) is 2.42. The Kier molecular flexibility index (Phi) is 5.34. The molecule has 0 atom stereocenters. The van der Waals surface area contributed by atoms with Gasteiger partial charge in [0, 0.05) is 12.2 Å². The summed E-state index contributed by atoms with van der Waals surface area (Å²) >= 11 is 0. The van der Waals surface area contributed by atoms with Crippen LogP contribution in [0.25, 0.3) is 0 Å². The van der Waals surface area contributed by atoms with E-state index in [2.05, 4.69) is 0 Å². The van der Waals surface area contributed by atoms with Crippen molar-refractivity contribution in [1.82, 2.24) is 0 Å². The Morgan fingerprint density at radius 3 is 2.50 bits per heavy atom. The zero-order valence-corrected chi connectivity index (χ0v) is 12.2. The minimum absolute atomic E-state index is 0.0769. The van der Waals surface area contributed by atoms with Crippen molar-refractivity contribution in [3.63, 3.8) is 0 Å². The number of amides is 1. The molecule has 0 aliphatic carbocycles. The number of rotatable bonds is 7. The molecule has 7 nitrogen and oxygen atoms in total. The van der Waals surface area contributed by atoms with Crippen LogP contribution in [0, 0.1) is 0 Å². The highest BCUT2D eigenvalue weighted by atomic mass is 32.2. The molecule has 1 rings (SSSR count). The largest absolute Gasteiger partial charge is 0.399 e. The number of benzene rings is 1. The fraction of sp³-hybridized carbons (Fsp3) is 0.417. The minimum Gasteiger partial charge on any atom is -0.399 e. The number of sulfonamides is 1. The second-order valence-corrected chi connectivity index (χ2v) is 6.04. The molecule has 1 aromatic carbocycles. The second-order valence-electron chi connectivity index (χ2n) is 4.51. The van der Waals surface area contributed by atoms with Gasteiger partial charge < -0.3 is 16.4 Å². The molecule has 0 saturated heterocycles. The van der Waals surface area contributed by atoms with E-state index in [1.165, 1.54) is 12.1 Å². The smallest absolute Gasteiger partial charge is 0.240 e.